The molecule has 0 aliphatic heterocycles. The minimum Gasteiger partial charge on any atom is -0.390 e. The first-order chi connectivity index (χ1) is 14.1. The first-order valence-electron chi connectivity index (χ1n) is 13.0. The van der Waals surface area contributed by atoms with Gasteiger partial charge in [-0.25, -0.2) is 0 Å². The van der Waals surface area contributed by atoms with E-state index in [1.54, 1.807) is 0 Å². The van der Waals surface area contributed by atoms with E-state index in [1.807, 2.05) is 20.8 Å². The number of rotatable bonds is 4. The largest absolute Gasteiger partial charge is 0.390 e. The molecule has 0 amide bonds. The second-order valence-corrected chi connectivity index (χ2v) is 13.9. The van der Waals surface area contributed by atoms with Gasteiger partial charge in [-0.3, -0.25) is 0 Å². The fraction of sp³-hybridized carbons (Fsp3) is 0.929. The summed E-state index contributed by atoms with van der Waals surface area (Å²) in [6.07, 6.45) is 11.4. The zero-order valence-electron chi connectivity index (χ0n) is 21.2. The first-order valence-corrected chi connectivity index (χ1v) is 13.0. The second kappa shape index (κ2) is 7.31. The fourth-order valence-corrected chi connectivity index (χ4v) is 9.34. The molecule has 178 valence electrons. The average molecular weight is 433 g/mol. The van der Waals surface area contributed by atoms with Crippen molar-refractivity contribution in [1.29, 1.82) is 0 Å². The lowest BCUT2D eigenvalue weighted by atomic mass is 9.42. The van der Waals surface area contributed by atoms with Gasteiger partial charge in [-0.05, 0) is 126 Å². The summed E-state index contributed by atoms with van der Waals surface area (Å²) >= 11 is 0. The van der Waals surface area contributed by atoms with Crippen LogP contribution in [0.2, 0.25) is 0 Å². The van der Waals surface area contributed by atoms with Crippen LogP contribution < -0.4 is 0 Å². The van der Waals surface area contributed by atoms with Gasteiger partial charge < -0.3 is 15.3 Å². The number of hydrogen-bond donors (Lipinski definition) is 3. The van der Waals surface area contributed by atoms with Crippen LogP contribution in [0.4, 0.5) is 0 Å². The number of aliphatic hydroxyl groups is 3. The molecular formula is C28H48O3. The lowest BCUT2D eigenvalue weighted by Gasteiger charge is -2.64. The van der Waals surface area contributed by atoms with E-state index < -0.39 is 16.8 Å². The van der Waals surface area contributed by atoms with E-state index in [9.17, 15) is 15.3 Å². The molecule has 31 heavy (non-hydrogen) atoms. The van der Waals surface area contributed by atoms with Gasteiger partial charge in [0.2, 0.25) is 0 Å². The minimum absolute atomic E-state index is 0.0145. The van der Waals surface area contributed by atoms with Gasteiger partial charge in [0.25, 0.3) is 0 Å². The van der Waals surface area contributed by atoms with Crippen LogP contribution in [-0.4, -0.2) is 32.1 Å². The van der Waals surface area contributed by atoms with Gasteiger partial charge in [0.1, 0.15) is 0 Å². The highest BCUT2D eigenvalue weighted by molar-refractivity contribution is 5.29. The number of allylic oxidation sites excluding steroid dienone is 1. The molecule has 0 aromatic heterocycles. The Balaban J connectivity index is 1.63. The maximum absolute atomic E-state index is 12.0. The SMILES string of the molecule is C[C@H](CCC(C)(C)O)[C@H]1CC[C@H]2[C@@H]3CC=C4C[C@@](C)(O)CC[C@]4(C)[C@H]3C(C)(O)C[C@]12C. The third kappa shape index (κ3) is 3.95. The Labute approximate surface area is 190 Å². The molecule has 0 saturated heterocycles. The topological polar surface area (TPSA) is 60.7 Å². The molecule has 3 N–H and O–H groups in total. The summed E-state index contributed by atoms with van der Waals surface area (Å²) in [5, 5.41) is 33.0. The van der Waals surface area contributed by atoms with Crippen LogP contribution in [0.1, 0.15) is 106 Å². The van der Waals surface area contributed by atoms with Gasteiger partial charge in [-0.1, -0.05) is 32.4 Å². The van der Waals surface area contributed by atoms with E-state index in [-0.39, 0.29) is 10.8 Å². The Morgan fingerprint density at radius 1 is 1.10 bits per heavy atom. The van der Waals surface area contributed by atoms with Crippen LogP contribution in [0, 0.1) is 40.4 Å². The summed E-state index contributed by atoms with van der Waals surface area (Å²) in [6.45, 7) is 15.2. The Morgan fingerprint density at radius 3 is 2.42 bits per heavy atom. The predicted octanol–water partition coefficient (Wildman–Crippen LogP) is 5.86. The van der Waals surface area contributed by atoms with Crippen molar-refractivity contribution in [2.75, 3.05) is 0 Å². The van der Waals surface area contributed by atoms with Gasteiger partial charge in [0, 0.05) is 0 Å². The van der Waals surface area contributed by atoms with E-state index in [2.05, 4.69) is 33.8 Å². The number of fused-ring (bicyclic) bond motifs is 5. The van der Waals surface area contributed by atoms with Crippen molar-refractivity contribution in [3.05, 3.63) is 11.6 Å². The molecule has 0 bridgehead atoms. The molecule has 0 aromatic carbocycles. The maximum atomic E-state index is 12.0. The third-order valence-corrected chi connectivity index (χ3v) is 10.5. The molecule has 4 rings (SSSR count). The van der Waals surface area contributed by atoms with Crippen LogP contribution in [0.15, 0.2) is 11.6 Å². The standard InChI is InChI=1S/C28H48O3/c1-18(12-13-24(2,3)29)21-10-11-22-20-9-8-19-16-25(4,30)14-15-26(19,5)23(20)28(7,31)17-27(21,22)6/h8,18,20-23,29-31H,9-17H2,1-7H3/t18-,20+,21-,22+,23+,25+,26+,27-,28?/m1/s1. The van der Waals surface area contributed by atoms with E-state index >= 15 is 0 Å². The van der Waals surface area contributed by atoms with Gasteiger partial charge in [-0.2, -0.15) is 0 Å². The van der Waals surface area contributed by atoms with Crippen molar-refractivity contribution >= 4 is 0 Å². The van der Waals surface area contributed by atoms with Crippen molar-refractivity contribution in [3.8, 4) is 0 Å². The Morgan fingerprint density at radius 2 is 1.77 bits per heavy atom. The zero-order valence-corrected chi connectivity index (χ0v) is 21.2. The highest BCUT2D eigenvalue weighted by Crippen LogP contribution is 2.70. The van der Waals surface area contributed by atoms with E-state index in [0.29, 0.717) is 29.6 Å². The smallest absolute Gasteiger partial charge is 0.0664 e. The predicted molar refractivity (Wildman–Crippen MR) is 127 cm³/mol. The highest BCUT2D eigenvalue weighted by Gasteiger charge is 2.65. The molecule has 4 aliphatic carbocycles. The van der Waals surface area contributed by atoms with Crippen molar-refractivity contribution in [1.82, 2.24) is 0 Å². The molecule has 0 radical (unpaired) electrons. The van der Waals surface area contributed by atoms with Crippen molar-refractivity contribution in [3.63, 3.8) is 0 Å². The molecule has 3 heteroatoms. The third-order valence-electron chi connectivity index (χ3n) is 10.5. The van der Waals surface area contributed by atoms with E-state index in [4.69, 9.17) is 0 Å². The summed E-state index contributed by atoms with van der Waals surface area (Å²) in [5.41, 5.74) is -0.279. The second-order valence-electron chi connectivity index (χ2n) is 13.9. The highest BCUT2D eigenvalue weighted by atomic mass is 16.3. The molecule has 0 spiro atoms. The summed E-state index contributed by atoms with van der Waals surface area (Å²) < 4.78 is 0. The van der Waals surface area contributed by atoms with Crippen molar-refractivity contribution in [2.45, 2.75) is 123 Å². The lowest BCUT2D eigenvalue weighted by molar-refractivity contribution is -0.185. The van der Waals surface area contributed by atoms with Crippen LogP contribution in [0.25, 0.3) is 0 Å². The molecule has 3 saturated carbocycles. The first kappa shape index (κ1) is 23.8. The molecule has 9 atom stereocenters. The van der Waals surface area contributed by atoms with Crippen LogP contribution in [0.5, 0.6) is 0 Å². The van der Waals surface area contributed by atoms with E-state index in [0.717, 1.165) is 44.9 Å². The fourth-order valence-electron chi connectivity index (χ4n) is 9.34. The summed E-state index contributed by atoms with van der Waals surface area (Å²) in [7, 11) is 0. The van der Waals surface area contributed by atoms with Gasteiger partial charge >= 0.3 is 0 Å². The molecule has 3 nitrogen and oxygen atoms in total. The molecule has 3 fully saturated rings. The summed E-state index contributed by atoms with van der Waals surface area (Å²) in [6, 6.07) is 0. The lowest BCUT2D eigenvalue weighted by Crippen LogP contribution is -2.62. The van der Waals surface area contributed by atoms with Crippen molar-refractivity contribution < 1.29 is 15.3 Å². The number of hydrogen-bond acceptors (Lipinski definition) is 3. The minimum atomic E-state index is -0.675. The van der Waals surface area contributed by atoms with Crippen molar-refractivity contribution in [2.24, 2.45) is 40.4 Å². The monoisotopic (exact) mass is 432 g/mol. The Hall–Kier alpha value is -0.380. The molecular weight excluding hydrogens is 384 g/mol. The Kier molecular flexibility index (Phi) is 5.60. The molecule has 4 aliphatic rings. The Bertz CT molecular complexity index is 729. The van der Waals surface area contributed by atoms with Gasteiger partial charge in [0.15, 0.2) is 0 Å². The normalized spacial score (nSPS) is 50.8. The quantitative estimate of drug-likeness (QED) is 0.487. The van der Waals surface area contributed by atoms with E-state index in [1.165, 1.54) is 18.4 Å². The maximum Gasteiger partial charge on any atom is 0.0664 e. The van der Waals surface area contributed by atoms with Gasteiger partial charge in [-0.15, -0.1) is 0 Å². The molecule has 0 heterocycles. The summed E-state index contributed by atoms with van der Waals surface area (Å²) in [5.74, 6) is 2.70. The zero-order chi connectivity index (χ0) is 23.0. The summed E-state index contributed by atoms with van der Waals surface area (Å²) in [4.78, 5) is 0. The van der Waals surface area contributed by atoms with Crippen LogP contribution in [0.3, 0.4) is 0 Å². The van der Waals surface area contributed by atoms with Crippen LogP contribution in [-0.2, 0) is 0 Å². The molecule has 1 unspecified atom stereocenters. The van der Waals surface area contributed by atoms with Gasteiger partial charge in [0.05, 0.1) is 16.8 Å². The molecule has 0 aromatic rings. The van der Waals surface area contributed by atoms with Crippen LogP contribution >= 0.6 is 0 Å². The average Bonchev–Trinajstić information content (AvgIpc) is 2.94.